The lowest BCUT2D eigenvalue weighted by molar-refractivity contribution is 0.996. The van der Waals surface area contributed by atoms with Gasteiger partial charge >= 0.3 is 0 Å². The summed E-state index contributed by atoms with van der Waals surface area (Å²) in [5, 5.41) is 0. The maximum Gasteiger partial charge on any atom is 0.0475 e. The second kappa shape index (κ2) is 3.77. The molecule has 0 radical (unpaired) electrons. The van der Waals surface area contributed by atoms with Crippen LogP contribution in [0.2, 0.25) is 0 Å². The van der Waals surface area contributed by atoms with Gasteiger partial charge in [-0.2, -0.15) is 0 Å². The molecule has 0 aliphatic carbocycles. The zero-order valence-electron chi connectivity index (χ0n) is 9.03. The van der Waals surface area contributed by atoms with E-state index < -0.39 is 0 Å². The van der Waals surface area contributed by atoms with E-state index in [2.05, 4.69) is 49.2 Å². The summed E-state index contributed by atoms with van der Waals surface area (Å²) in [6.07, 6.45) is 4.03. The monoisotopic (exact) mass is 197 g/mol. The Balaban J connectivity index is 2.35. The Hall–Kier alpha value is -1.76. The van der Waals surface area contributed by atoms with Crippen LogP contribution in [0.5, 0.6) is 0 Å². The molecule has 0 amide bonds. The molecule has 0 saturated carbocycles. The number of nitrogens with zero attached hydrogens (tertiary/aromatic N) is 1. The van der Waals surface area contributed by atoms with Gasteiger partial charge in [-0.1, -0.05) is 31.4 Å². The first-order chi connectivity index (χ1) is 7.16. The fraction of sp³-hybridized carbons (Fsp3) is 0.143. The summed E-state index contributed by atoms with van der Waals surface area (Å²) in [6.45, 7) is 10.9. The molecule has 0 atom stereocenters. The van der Waals surface area contributed by atoms with Gasteiger partial charge in [-0.15, -0.1) is 0 Å². The number of aryl methyl sites for hydroxylation is 1. The molecule has 0 spiro atoms. The smallest absolute Gasteiger partial charge is 0.0475 e. The molecule has 0 saturated heterocycles. The molecule has 0 unspecified atom stereocenters. The third-order valence-corrected chi connectivity index (χ3v) is 2.53. The van der Waals surface area contributed by atoms with E-state index in [0.29, 0.717) is 0 Å². The second-order valence-electron chi connectivity index (χ2n) is 3.91. The topological polar surface area (TPSA) is 3.24 Å². The van der Waals surface area contributed by atoms with Gasteiger partial charge in [0.1, 0.15) is 0 Å². The Morgan fingerprint density at radius 3 is 2.73 bits per heavy atom. The molecule has 0 aromatic heterocycles. The number of benzene rings is 1. The molecule has 76 valence electrons. The van der Waals surface area contributed by atoms with Crippen molar-refractivity contribution in [1.82, 2.24) is 0 Å². The predicted octanol–water partition coefficient (Wildman–Crippen LogP) is 3.44. The van der Waals surface area contributed by atoms with Crippen LogP contribution in [0, 0.1) is 6.92 Å². The predicted molar refractivity (Wildman–Crippen MR) is 65.9 cm³/mol. The standard InChI is InChI=1S/C14H15N/c1-11-5-4-6-14(9-11)15-10-12(2)7-8-13(15)3/h4-9H,2-3,10H2,1H3. The van der Waals surface area contributed by atoms with Gasteiger partial charge in [0.25, 0.3) is 0 Å². The highest BCUT2D eigenvalue weighted by Crippen LogP contribution is 2.24. The van der Waals surface area contributed by atoms with Crippen molar-refractivity contribution in [1.29, 1.82) is 0 Å². The lowest BCUT2D eigenvalue weighted by atomic mass is 10.1. The van der Waals surface area contributed by atoms with E-state index in [9.17, 15) is 0 Å². The minimum atomic E-state index is 0.832. The average Bonchev–Trinajstić information content (AvgIpc) is 2.22. The molecule has 1 heterocycles. The largest absolute Gasteiger partial charge is 0.338 e. The van der Waals surface area contributed by atoms with E-state index in [1.807, 2.05) is 12.2 Å². The van der Waals surface area contributed by atoms with Crippen LogP contribution < -0.4 is 4.90 Å². The zero-order valence-corrected chi connectivity index (χ0v) is 9.03. The molecule has 0 bridgehead atoms. The minimum absolute atomic E-state index is 0.832. The average molecular weight is 197 g/mol. The fourth-order valence-corrected chi connectivity index (χ4v) is 1.71. The minimum Gasteiger partial charge on any atom is -0.338 e. The first-order valence-electron chi connectivity index (χ1n) is 5.06. The van der Waals surface area contributed by atoms with Crippen molar-refractivity contribution in [2.24, 2.45) is 0 Å². The fourth-order valence-electron chi connectivity index (χ4n) is 1.71. The van der Waals surface area contributed by atoms with Crippen LogP contribution >= 0.6 is 0 Å². The Kier molecular flexibility index (Phi) is 2.46. The summed E-state index contributed by atoms with van der Waals surface area (Å²) in [5.74, 6) is 0. The lowest BCUT2D eigenvalue weighted by Crippen LogP contribution is -2.25. The van der Waals surface area contributed by atoms with Crippen molar-refractivity contribution in [3.05, 3.63) is 66.4 Å². The van der Waals surface area contributed by atoms with Gasteiger partial charge in [-0.3, -0.25) is 0 Å². The molecule has 1 heteroatoms. The Morgan fingerprint density at radius 1 is 1.20 bits per heavy atom. The SMILES string of the molecule is C=C1C=CC(=C)N(c2cccc(C)c2)C1. The summed E-state index contributed by atoms with van der Waals surface area (Å²) >= 11 is 0. The van der Waals surface area contributed by atoms with Gasteiger partial charge in [-0.25, -0.2) is 0 Å². The van der Waals surface area contributed by atoms with Crippen LogP contribution in [0.15, 0.2) is 60.8 Å². The summed E-state index contributed by atoms with van der Waals surface area (Å²) in [5.41, 5.74) is 4.59. The Labute approximate surface area is 91.0 Å². The highest BCUT2D eigenvalue weighted by atomic mass is 15.1. The number of allylic oxidation sites excluding steroid dienone is 1. The van der Waals surface area contributed by atoms with Gasteiger partial charge in [0.05, 0.1) is 0 Å². The highest BCUT2D eigenvalue weighted by molar-refractivity contribution is 5.59. The molecule has 1 aromatic carbocycles. The maximum absolute atomic E-state index is 4.03. The van der Waals surface area contributed by atoms with Crippen molar-refractivity contribution in [3.63, 3.8) is 0 Å². The van der Waals surface area contributed by atoms with Crippen molar-refractivity contribution in [3.8, 4) is 0 Å². The van der Waals surface area contributed by atoms with E-state index in [0.717, 1.165) is 17.8 Å². The summed E-state index contributed by atoms with van der Waals surface area (Å²) in [6, 6.07) is 8.43. The summed E-state index contributed by atoms with van der Waals surface area (Å²) in [4.78, 5) is 2.18. The van der Waals surface area contributed by atoms with Gasteiger partial charge in [0.2, 0.25) is 0 Å². The normalized spacial score (nSPS) is 15.9. The van der Waals surface area contributed by atoms with Gasteiger partial charge < -0.3 is 4.90 Å². The third-order valence-electron chi connectivity index (χ3n) is 2.53. The third kappa shape index (κ3) is 2.01. The second-order valence-corrected chi connectivity index (χ2v) is 3.91. The van der Waals surface area contributed by atoms with Crippen LogP contribution in [0.1, 0.15) is 5.56 Å². The Bertz CT molecular complexity index is 440. The molecule has 1 aliphatic heterocycles. The molecule has 1 aliphatic rings. The molecule has 0 N–H and O–H groups in total. The lowest BCUT2D eigenvalue weighted by Gasteiger charge is -2.28. The van der Waals surface area contributed by atoms with E-state index in [4.69, 9.17) is 0 Å². The molecule has 1 nitrogen and oxygen atoms in total. The van der Waals surface area contributed by atoms with Gasteiger partial charge in [0.15, 0.2) is 0 Å². The maximum atomic E-state index is 4.03. The van der Waals surface area contributed by atoms with Crippen LogP contribution in [-0.2, 0) is 0 Å². The van der Waals surface area contributed by atoms with Crippen molar-refractivity contribution in [2.45, 2.75) is 6.92 Å². The van der Waals surface area contributed by atoms with E-state index in [-0.39, 0.29) is 0 Å². The van der Waals surface area contributed by atoms with E-state index in [1.54, 1.807) is 0 Å². The van der Waals surface area contributed by atoms with Crippen molar-refractivity contribution < 1.29 is 0 Å². The van der Waals surface area contributed by atoms with Gasteiger partial charge in [0, 0.05) is 17.9 Å². The number of hydrogen-bond donors (Lipinski definition) is 0. The van der Waals surface area contributed by atoms with Crippen LogP contribution in [0.4, 0.5) is 5.69 Å². The molecular formula is C14H15N. The van der Waals surface area contributed by atoms with Crippen LogP contribution in [-0.4, -0.2) is 6.54 Å². The van der Waals surface area contributed by atoms with Crippen molar-refractivity contribution in [2.75, 3.05) is 11.4 Å². The molecule has 2 rings (SSSR count). The number of rotatable bonds is 1. The highest BCUT2D eigenvalue weighted by Gasteiger charge is 2.12. The Morgan fingerprint density at radius 2 is 2.00 bits per heavy atom. The first kappa shape index (κ1) is 9.78. The van der Waals surface area contributed by atoms with Crippen molar-refractivity contribution >= 4 is 5.69 Å². The molecule has 15 heavy (non-hydrogen) atoms. The van der Waals surface area contributed by atoms with E-state index in [1.165, 1.54) is 11.3 Å². The summed E-state index contributed by atoms with van der Waals surface area (Å²) in [7, 11) is 0. The molecule has 0 fully saturated rings. The van der Waals surface area contributed by atoms with Crippen LogP contribution in [0.25, 0.3) is 0 Å². The quantitative estimate of drug-likeness (QED) is 0.666. The summed E-state index contributed by atoms with van der Waals surface area (Å²) < 4.78 is 0. The van der Waals surface area contributed by atoms with Crippen LogP contribution in [0.3, 0.4) is 0 Å². The first-order valence-corrected chi connectivity index (χ1v) is 5.06. The number of hydrogen-bond acceptors (Lipinski definition) is 1. The molecular weight excluding hydrogens is 182 g/mol. The zero-order chi connectivity index (χ0) is 10.8. The van der Waals surface area contributed by atoms with Gasteiger partial charge in [-0.05, 0) is 36.3 Å². The van der Waals surface area contributed by atoms with E-state index >= 15 is 0 Å². The molecule has 1 aromatic rings. The number of anilines is 1.